The third kappa shape index (κ3) is 6.50. The molecule has 7 nitrogen and oxygen atoms in total. The van der Waals surface area contributed by atoms with Crippen molar-refractivity contribution in [2.45, 2.75) is 46.6 Å². The lowest BCUT2D eigenvalue weighted by molar-refractivity contribution is 0.355. The molecule has 0 unspecified atom stereocenters. The number of para-hydroxylation sites is 1. The number of benzene rings is 1. The van der Waals surface area contributed by atoms with E-state index in [1.807, 2.05) is 0 Å². The molecule has 0 spiro atoms. The Balaban J connectivity index is 1.55. The Morgan fingerprint density at radius 2 is 1.44 bits per heavy atom. The summed E-state index contributed by atoms with van der Waals surface area (Å²) in [7, 11) is 0. The molecule has 3 heterocycles. The fraction of sp³-hybridized carbons (Fsp3) is 0.577. The molecule has 1 aromatic heterocycles. The third-order valence-electron chi connectivity index (χ3n) is 6.33. The molecule has 0 saturated carbocycles. The van der Waals surface area contributed by atoms with Gasteiger partial charge >= 0.3 is 0 Å². The van der Waals surface area contributed by atoms with Crippen LogP contribution in [0.15, 0.2) is 36.4 Å². The van der Waals surface area contributed by atoms with Gasteiger partial charge in [-0.25, -0.2) is 0 Å². The lowest BCUT2D eigenvalue weighted by atomic mass is 9.92. The zero-order chi connectivity index (χ0) is 24.3. The number of piperidine rings is 1. The molecule has 1 aromatic carbocycles. The minimum absolute atomic E-state index is 0.129. The maximum atomic E-state index is 5.55. The molecule has 2 fully saturated rings. The van der Waals surface area contributed by atoms with Gasteiger partial charge in [0.15, 0.2) is 5.11 Å². The van der Waals surface area contributed by atoms with Crippen LogP contribution in [0.4, 0.5) is 23.3 Å². The van der Waals surface area contributed by atoms with Crippen LogP contribution >= 0.6 is 12.2 Å². The van der Waals surface area contributed by atoms with Crippen molar-refractivity contribution in [3.05, 3.63) is 36.4 Å². The van der Waals surface area contributed by atoms with E-state index in [1.165, 1.54) is 12.1 Å². The van der Waals surface area contributed by atoms with Crippen LogP contribution in [0, 0.1) is 11.8 Å². The summed E-state index contributed by atoms with van der Waals surface area (Å²) in [5, 5.41) is 7.11. The molecule has 8 heteroatoms. The van der Waals surface area contributed by atoms with Crippen LogP contribution in [-0.4, -0.2) is 59.9 Å². The second-order valence-electron chi connectivity index (χ2n) is 10.9. The van der Waals surface area contributed by atoms with Crippen molar-refractivity contribution >= 4 is 40.6 Å². The molecule has 0 radical (unpaired) electrons. The highest BCUT2D eigenvalue weighted by Crippen LogP contribution is 2.29. The molecule has 2 saturated heterocycles. The van der Waals surface area contributed by atoms with E-state index in [9.17, 15) is 0 Å². The van der Waals surface area contributed by atoms with Gasteiger partial charge in [-0.2, -0.15) is 9.97 Å². The summed E-state index contributed by atoms with van der Waals surface area (Å²) >= 11 is 5.55. The standard InChI is InChI=1S/C26H39N7S/c1-19-15-20(2)18-33(17-19)23-16-22(27-24(28-23)29-25(34)30-26(3,4)5)32-13-11-31(12-14-32)21-9-7-6-8-10-21/h6-10,16,19-20H,11-15,17-18H2,1-5H3,(H2,27,28,29,30,34)/t19-,20-/m1/s1. The number of hydrogen-bond acceptors (Lipinski definition) is 6. The Morgan fingerprint density at radius 1 is 0.882 bits per heavy atom. The first kappa shape index (κ1) is 24.5. The highest BCUT2D eigenvalue weighted by atomic mass is 32.1. The first-order valence-corrected chi connectivity index (χ1v) is 12.9. The maximum absolute atomic E-state index is 5.55. The Kier molecular flexibility index (Phi) is 7.45. The number of rotatable bonds is 4. The number of piperazine rings is 1. The van der Waals surface area contributed by atoms with Crippen LogP contribution in [0.5, 0.6) is 0 Å². The van der Waals surface area contributed by atoms with Gasteiger partial charge < -0.3 is 25.3 Å². The molecule has 0 amide bonds. The zero-order valence-corrected chi connectivity index (χ0v) is 22.0. The fourth-order valence-corrected chi connectivity index (χ4v) is 5.36. The molecule has 2 aliphatic heterocycles. The summed E-state index contributed by atoms with van der Waals surface area (Å²) in [5.41, 5.74) is 1.15. The van der Waals surface area contributed by atoms with Crippen LogP contribution in [0.25, 0.3) is 0 Å². The highest BCUT2D eigenvalue weighted by Gasteiger charge is 2.26. The van der Waals surface area contributed by atoms with E-state index in [0.717, 1.165) is 50.9 Å². The van der Waals surface area contributed by atoms with Crippen molar-refractivity contribution in [3.63, 3.8) is 0 Å². The van der Waals surface area contributed by atoms with E-state index in [1.54, 1.807) is 0 Å². The van der Waals surface area contributed by atoms with Crippen molar-refractivity contribution in [1.82, 2.24) is 15.3 Å². The van der Waals surface area contributed by atoms with E-state index in [-0.39, 0.29) is 5.54 Å². The van der Waals surface area contributed by atoms with Gasteiger partial charge in [0.2, 0.25) is 5.95 Å². The Morgan fingerprint density at radius 3 is 2.03 bits per heavy atom. The third-order valence-corrected chi connectivity index (χ3v) is 6.53. The van der Waals surface area contributed by atoms with Gasteiger partial charge in [-0.1, -0.05) is 32.0 Å². The second kappa shape index (κ2) is 10.3. The van der Waals surface area contributed by atoms with E-state index >= 15 is 0 Å². The first-order chi connectivity index (χ1) is 16.2. The summed E-state index contributed by atoms with van der Waals surface area (Å²) in [6.07, 6.45) is 1.26. The van der Waals surface area contributed by atoms with Gasteiger partial charge in [0, 0.05) is 56.6 Å². The smallest absolute Gasteiger partial charge is 0.232 e. The van der Waals surface area contributed by atoms with E-state index < -0.39 is 0 Å². The highest BCUT2D eigenvalue weighted by molar-refractivity contribution is 7.80. The minimum atomic E-state index is -0.129. The van der Waals surface area contributed by atoms with Crippen molar-refractivity contribution in [2.24, 2.45) is 11.8 Å². The number of aromatic nitrogens is 2. The maximum Gasteiger partial charge on any atom is 0.232 e. The molecule has 0 bridgehead atoms. The van der Waals surface area contributed by atoms with Crippen LogP contribution in [0.2, 0.25) is 0 Å². The quantitative estimate of drug-likeness (QED) is 0.625. The van der Waals surface area contributed by atoms with Gasteiger partial charge in [0.05, 0.1) is 0 Å². The van der Waals surface area contributed by atoms with E-state index in [4.69, 9.17) is 22.2 Å². The topological polar surface area (TPSA) is 59.6 Å². The predicted molar refractivity (Wildman–Crippen MR) is 147 cm³/mol. The SMILES string of the molecule is C[C@@H]1C[C@@H](C)CN(c2cc(N3CCN(c4ccccc4)CC3)nc(NC(=S)NC(C)(C)C)n2)C1. The number of hydrogen-bond donors (Lipinski definition) is 2. The molecular weight excluding hydrogens is 442 g/mol. The van der Waals surface area contributed by atoms with Gasteiger partial charge in [0.1, 0.15) is 11.6 Å². The molecule has 2 aromatic rings. The average molecular weight is 482 g/mol. The molecule has 34 heavy (non-hydrogen) atoms. The van der Waals surface area contributed by atoms with Gasteiger partial charge in [-0.15, -0.1) is 0 Å². The van der Waals surface area contributed by atoms with Gasteiger partial charge in [-0.05, 0) is 63.4 Å². The molecule has 0 aliphatic carbocycles. The van der Waals surface area contributed by atoms with E-state index in [2.05, 4.69) is 96.4 Å². The molecule has 184 valence electrons. The summed E-state index contributed by atoms with van der Waals surface area (Å²) in [6.45, 7) is 16.7. The van der Waals surface area contributed by atoms with Crippen LogP contribution in [-0.2, 0) is 0 Å². The number of nitrogens with one attached hydrogen (secondary N) is 2. The number of nitrogens with zero attached hydrogens (tertiary/aromatic N) is 5. The Labute approximate surface area is 209 Å². The molecule has 2 N–H and O–H groups in total. The monoisotopic (exact) mass is 481 g/mol. The predicted octanol–water partition coefficient (Wildman–Crippen LogP) is 4.37. The second-order valence-corrected chi connectivity index (χ2v) is 11.3. The largest absolute Gasteiger partial charge is 0.368 e. The summed E-state index contributed by atoms with van der Waals surface area (Å²) in [6, 6.07) is 12.8. The summed E-state index contributed by atoms with van der Waals surface area (Å²) in [4.78, 5) is 17.0. The Hall–Kier alpha value is -2.61. The molecule has 2 aliphatic rings. The first-order valence-electron chi connectivity index (χ1n) is 12.4. The van der Waals surface area contributed by atoms with Crippen molar-refractivity contribution in [2.75, 3.05) is 59.3 Å². The van der Waals surface area contributed by atoms with Gasteiger partial charge in [0.25, 0.3) is 0 Å². The molecular formula is C26H39N7S. The molecule has 2 atom stereocenters. The van der Waals surface area contributed by atoms with Crippen molar-refractivity contribution < 1.29 is 0 Å². The minimum Gasteiger partial charge on any atom is -0.368 e. The van der Waals surface area contributed by atoms with Crippen molar-refractivity contribution in [3.8, 4) is 0 Å². The van der Waals surface area contributed by atoms with Crippen LogP contribution < -0.4 is 25.3 Å². The summed E-state index contributed by atoms with van der Waals surface area (Å²) in [5.74, 6) is 3.80. The fourth-order valence-electron chi connectivity index (χ4n) is 4.96. The molecule has 4 rings (SSSR count). The average Bonchev–Trinajstić information content (AvgIpc) is 2.77. The number of anilines is 4. The Bertz CT molecular complexity index is 957. The lowest BCUT2D eigenvalue weighted by Gasteiger charge is -2.38. The van der Waals surface area contributed by atoms with E-state index in [0.29, 0.717) is 22.9 Å². The van der Waals surface area contributed by atoms with Crippen molar-refractivity contribution in [1.29, 1.82) is 0 Å². The normalized spacial score (nSPS) is 21.4. The lowest BCUT2D eigenvalue weighted by Crippen LogP contribution is -2.47. The summed E-state index contributed by atoms with van der Waals surface area (Å²) < 4.78 is 0. The van der Waals surface area contributed by atoms with Crippen LogP contribution in [0.3, 0.4) is 0 Å². The number of thiocarbonyl (C=S) groups is 1. The zero-order valence-electron chi connectivity index (χ0n) is 21.2. The van der Waals surface area contributed by atoms with Crippen LogP contribution in [0.1, 0.15) is 41.0 Å². The van der Waals surface area contributed by atoms with Gasteiger partial charge in [-0.3, -0.25) is 0 Å².